The largest absolute Gasteiger partial charge is 0.497 e. The van der Waals surface area contributed by atoms with Crippen LogP contribution in [0, 0.1) is 17.8 Å². The minimum atomic E-state index is -0.336. The van der Waals surface area contributed by atoms with Crippen LogP contribution >= 0.6 is 0 Å². The lowest BCUT2D eigenvalue weighted by Gasteiger charge is -2.16. The number of anilines is 1. The van der Waals surface area contributed by atoms with Gasteiger partial charge in [-0.05, 0) is 48.9 Å². The average molecular weight is 301 g/mol. The van der Waals surface area contributed by atoms with E-state index in [1.165, 1.54) is 0 Å². The fourth-order valence-corrected chi connectivity index (χ4v) is 3.17. The molecule has 1 aromatic carbocycles. The molecule has 2 aliphatic rings. The van der Waals surface area contributed by atoms with Crippen molar-refractivity contribution in [3.05, 3.63) is 36.4 Å². The summed E-state index contributed by atoms with van der Waals surface area (Å²) in [6.07, 6.45) is 6.15. The smallest absolute Gasteiger partial charge is 0.310 e. The zero-order chi connectivity index (χ0) is 15.5. The van der Waals surface area contributed by atoms with E-state index in [1.54, 1.807) is 31.4 Å². The van der Waals surface area contributed by atoms with E-state index in [2.05, 4.69) is 17.5 Å². The lowest BCUT2D eigenvalue weighted by Crippen LogP contribution is -2.26. The Bertz CT molecular complexity index is 593. The van der Waals surface area contributed by atoms with Crippen LogP contribution in [0.5, 0.6) is 5.75 Å². The van der Waals surface area contributed by atoms with Crippen molar-refractivity contribution in [1.82, 2.24) is 0 Å². The normalized spacial score (nSPS) is 25.0. The van der Waals surface area contributed by atoms with E-state index in [-0.39, 0.29) is 24.4 Å². The topological polar surface area (TPSA) is 64.6 Å². The fourth-order valence-electron chi connectivity index (χ4n) is 3.17. The standard InChI is InChI=1S/C17H19NO4/c1-21-14-6-4-13(5-7-14)18-16(19)10-22-17(20)15-9-11-2-3-12(15)8-11/h2-7,11-12,15H,8-10H2,1H3,(H,18,19)/t11-,12-,15+/m0/s1. The Balaban J connectivity index is 1.45. The van der Waals surface area contributed by atoms with Gasteiger partial charge in [-0.3, -0.25) is 9.59 Å². The number of hydrogen-bond donors (Lipinski definition) is 1. The summed E-state index contributed by atoms with van der Waals surface area (Å²) >= 11 is 0. The van der Waals surface area contributed by atoms with Gasteiger partial charge in [0.2, 0.25) is 0 Å². The van der Waals surface area contributed by atoms with Crippen molar-refractivity contribution in [2.24, 2.45) is 17.8 Å². The van der Waals surface area contributed by atoms with Crippen LogP contribution in [0.2, 0.25) is 0 Å². The lowest BCUT2D eigenvalue weighted by molar-refractivity contribution is -0.152. The van der Waals surface area contributed by atoms with Crippen LogP contribution < -0.4 is 10.1 Å². The SMILES string of the molecule is COc1ccc(NC(=O)COC(=O)[C@@H]2C[C@H]3C=C[C@H]2C3)cc1. The molecule has 0 saturated heterocycles. The average Bonchev–Trinajstić information content (AvgIpc) is 3.16. The van der Waals surface area contributed by atoms with Crippen LogP contribution in [0.1, 0.15) is 12.8 Å². The molecule has 1 amide bonds. The maximum atomic E-state index is 12.0. The number of amides is 1. The molecule has 1 N–H and O–H groups in total. The van der Waals surface area contributed by atoms with Crippen molar-refractivity contribution in [3.8, 4) is 5.75 Å². The Morgan fingerprint density at radius 2 is 1.95 bits per heavy atom. The second-order valence-corrected chi connectivity index (χ2v) is 5.77. The van der Waals surface area contributed by atoms with Crippen LogP contribution in [0.4, 0.5) is 5.69 Å². The van der Waals surface area contributed by atoms with Gasteiger partial charge in [-0.25, -0.2) is 0 Å². The number of fused-ring (bicyclic) bond motifs is 2. The first-order valence-corrected chi connectivity index (χ1v) is 7.44. The lowest BCUT2D eigenvalue weighted by atomic mass is 9.94. The molecular weight excluding hydrogens is 282 g/mol. The maximum absolute atomic E-state index is 12.0. The van der Waals surface area contributed by atoms with Gasteiger partial charge in [0.05, 0.1) is 13.0 Å². The summed E-state index contributed by atoms with van der Waals surface area (Å²) in [6.45, 7) is -0.248. The maximum Gasteiger partial charge on any atom is 0.310 e. The van der Waals surface area contributed by atoms with Crippen molar-refractivity contribution in [3.63, 3.8) is 0 Å². The summed E-state index contributed by atoms with van der Waals surface area (Å²) < 4.78 is 10.2. The van der Waals surface area contributed by atoms with E-state index in [0.29, 0.717) is 23.3 Å². The van der Waals surface area contributed by atoms with Crippen molar-refractivity contribution in [2.45, 2.75) is 12.8 Å². The number of nitrogens with one attached hydrogen (secondary N) is 1. The van der Waals surface area contributed by atoms with Gasteiger partial charge in [0.1, 0.15) is 5.75 Å². The molecule has 1 fully saturated rings. The molecule has 0 spiro atoms. The van der Waals surface area contributed by atoms with Crippen molar-refractivity contribution < 1.29 is 19.1 Å². The molecule has 22 heavy (non-hydrogen) atoms. The third kappa shape index (κ3) is 3.13. The first kappa shape index (κ1) is 14.6. The van der Waals surface area contributed by atoms with Crippen molar-refractivity contribution in [1.29, 1.82) is 0 Å². The number of esters is 1. The molecule has 1 aromatic rings. The molecule has 116 valence electrons. The minimum absolute atomic E-state index is 0.0798. The van der Waals surface area contributed by atoms with Crippen LogP contribution in [0.15, 0.2) is 36.4 Å². The Morgan fingerprint density at radius 1 is 1.18 bits per heavy atom. The number of methoxy groups -OCH3 is 1. The Morgan fingerprint density at radius 3 is 2.55 bits per heavy atom. The molecule has 0 aromatic heterocycles. The highest BCUT2D eigenvalue weighted by Gasteiger charge is 2.40. The molecule has 0 aliphatic heterocycles. The predicted molar refractivity (Wildman–Crippen MR) is 81.4 cm³/mol. The molecule has 5 nitrogen and oxygen atoms in total. The third-order valence-electron chi connectivity index (χ3n) is 4.30. The zero-order valence-corrected chi connectivity index (χ0v) is 12.5. The first-order chi connectivity index (χ1) is 10.7. The number of ether oxygens (including phenoxy) is 2. The van der Waals surface area contributed by atoms with Gasteiger partial charge in [-0.2, -0.15) is 0 Å². The quantitative estimate of drug-likeness (QED) is 0.670. The number of rotatable bonds is 5. The number of allylic oxidation sites excluding steroid dienone is 2. The molecule has 0 radical (unpaired) electrons. The summed E-state index contributed by atoms with van der Waals surface area (Å²) in [6, 6.07) is 6.98. The number of carbonyl (C=O) groups is 2. The summed E-state index contributed by atoms with van der Waals surface area (Å²) in [5.41, 5.74) is 0.643. The van der Waals surface area contributed by atoms with E-state index in [4.69, 9.17) is 9.47 Å². The highest BCUT2D eigenvalue weighted by atomic mass is 16.5. The summed E-state index contributed by atoms with van der Waals surface area (Å²) in [5.74, 6) is 0.842. The van der Waals surface area contributed by atoms with Gasteiger partial charge >= 0.3 is 5.97 Å². The van der Waals surface area contributed by atoms with Crippen molar-refractivity contribution >= 4 is 17.6 Å². The van der Waals surface area contributed by atoms with Gasteiger partial charge in [0, 0.05) is 5.69 Å². The summed E-state index contributed by atoms with van der Waals surface area (Å²) in [7, 11) is 1.58. The van der Waals surface area contributed by atoms with Gasteiger partial charge in [0.15, 0.2) is 6.61 Å². The number of carbonyl (C=O) groups excluding carboxylic acids is 2. The minimum Gasteiger partial charge on any atom is -0.497 e. The third-order valence-corrected chi connectivity index (χ3v) is 4.30. The molecule has 2 aliphatic carbocycles. The Labute approximate surface area is 129 Å². The zero-order valence-electron chi connectivity index (χ0n) is 12.5. The van der Waals surface area contributed by atoms with Gasteiger partial charge in [-0.1, -0.05) is 12.2 Å². The highest BCUT2D eigenvalue weighted by molar-refractivity contribution is 5.93. The monoisotopic (exact) mass is 301 g/mol. The van der Waals surface area contributed by atoms with E-state index < -0.39 is 0 Å². The molecule has 3 rings (SSSR count). The molecule has 0 heterocycles. The second-order valence-electron chi connectivity index (χ2n) is 5.77. The van der Waals surface area contributed by atoms with E-state index >= 15 is 0 Å². The molecule has 1 saturated carbocycles. The van der Waals surface area contributed by atoms with Crippen molar-refractivity contribution in [2.75, 3.05) is 19.0 Å². The Hall–Kier alpha value is -2.30. The second kappa shape index (κ2) is 6.22. The van der Waals surface area contributed by atoms with Crippen LogP contribution in [-0.2, 0) is 14.3 Å². The summed E-state index contributed by atoms with van der Waals surface area (Å²) in [4.78, 5) is 23.8. The van der Waals surface area contributed by atoms with Crippen LogP contribution in [0.25, 0.3) is 0 Å². The van der Waals surface area contributed by atoms with Crippen LogP contribution in [0.3, 0.4) is 0 Å². The summed E-state index contributed by atoms with van der Waals surface area (Å²) in [5, 5.41) is 2.69. The van der Waals surface area contributed by atoms with Gasteiger partial charge < -0.3 is 14.8 Å². The van der Waals surface area contributed by atoms with E-state index in [0.717, 1.165) is 12.8 Å². The van der Waals surface area contributed by atoms with Gasteiger partial charge in [0.25, 0.3) is 5.91 Å². The number of hydrogen-bond acceptors (Lipinski definition) is 4. The molecule has 3 atom stereocenters. The molecule has 2 bridgehead atoms. The molecular formula is C17H19NO4. The fraction of sp³-hybridized carbons (Fsp3) is 0.412. The van der Waals surface area contributed by atoms with Crippen LogP contribution in [-0.4, -0.2) is 25.6 Å². The molecule has 5 heteroatoms. The van der Waals surface area contributed by atoms with Gasteiger partial charge in [-0.15, -0.1) is 0 Å². The molecule has 0 unspecified atom stereocenters. The Kier molecular flexibility index (Phi) is 4.13. The highest BCUT2D eigenvalue weighted by Crippen LogP contribution is 2.43. The first-order valence-electron chi connectivity index (χ1n) is 7.44. The van der Waals surface area contributed by atoms with E-state index in [1.807, 2.05) is 0 Å². The number of benzene rings is 1. The van der Waals surface area contributed by atoms with E-state index in [9.17, 15) is 9.59 Å². The predicted octanol–water partition coefficient (Wildman–Crippen LogP) is 2.39.